The van der Waals surface area contributed by atoms with E-state index in [1.165, 1.54) is 0 Å². The molecule has 3 aromatic rings. The van der Waals surface area contributed by atoms with E-state index in [1.807, 2.05) is 48.5 Å². The first kappa shape index (κ1) is 12.9. The molecule has 0 atom stereocenters. The Bertz CT molecular complexity index is 754. The molecule has 20 heavy (non-hydrogen) atoms. The standard InChI is InChI=1S/C14H11ClN4S/c15-13-18-11-7-6-10(8-12(11)19-13)17-14(20)16-9-4-2-1-3-5-9/h1-8H,(H,18,19)(H2,16,17,20). The predicted molar refractivity (Wildman–Crippen MR) is 87.4 cm³/mol. The monoisotopic (exact) mass is 302 g/mol. The Labute approximate surface area is 126 Å². The lowest BCUT2D eigenvalue weighted by Gasteiger charge is -2.10. The van der Waals surface area contributed by atoms with Crippen molar-refractivity contribution in [2.75, 3.05) is 10.6 Å². The van der Waals surface area contributed by atoms with Gasteiger partial charge in [0.05, 0.1) is 11.0 Å². The first-order valence-corrected chi connectivity index (χ1v) is 6.78. The number of anilines is 2. The largest absolute Gasteiger partial charge is 0.332 e. The molecule has 1 heterocycles. The number of hydrogen-bond acceptors (Lipinski definition) is 2. The topological polar surface area (TPSA) is 52.7 Å². The highest BCUT2D eigenvalue weighted by Gasteiger charge is 2.03. The van der Waals surface area contributed by atoms with Gasteiger partial charge in [-0.3, -0.25) is 0 Å². The van der Waals surface area contributed by atoms with Crippen molar-refractivity contribution in [2.45, 2.75) is 0 Å². The van der Waals surface area contributed by atoms with E-state index < -0.39 is 0 Å². The van der Waals surface area contributed by atoms with Crippen molar-refractivity contribution in [1.29, 1.82) is 0 Å². The average molecular weight is 303 g/mol. The second-order valence-electron chi connectivity index (χ2n) is 4.20. The number of imidazole rings is 1. The molecule has 0 spiro atoms. The molecule has 3 rings (SSSR count). The molecule has 0 aliphatic rings. The van der Waals surface area contributed by atoms with E-state index in [-0.39, 0.29) is 0 Å². The highest BCUT2D eigenvalue weighted by molar-refractivity contribution is 7.80. The lowest BCUT2D eigenvalue weighted by Crippen LogP contribution is -2.18. The van der Waals surface area contributed by atoms with Gasteiger partial charge in [-0.05, 0) is 54.2 Å². The first-order valence-electron chi connectivity index (χ1n) is 5.99. The Morgan fingerprint density at radius 1 is 1.05 bits per heavy atom. The summed E-state index contributed by atoms with van der Waals surface area (Å²) in [5.74, 6) is 0. The minimum Gasteiger partial charge on any atom is -0.332 e. The van der Waals surface area contributed by atoms with Gasteiger partial charge in [-0.15, -0.1) is 0 Å². The van der Waals surface area contributed by atoms with Crippen molar-refractivity contribution in [1.82, 2.24) is 9.97 Å². The number of fused-ring (bicyclic) bond motifs is 1. The molecule has 2 aromatic carbocycles. The normalized spacial score (nSPS) is 10.4. The third-order valence-electron chi connectivity index (χ3n) is 2.74. The number of para-hydroxylation sites is 1. The number of aromatic nitrogens is 2. The van der Waals surface area contributed by atoms with Gasteiger partial charge in [0, 0.05) is 11.4 Å². The lowest BCUT2D eigenvalue weighted by atomic mass is 10.3. The number of nitrogens with one attached hydrogen (secondary N) is 3. The number of H-pyrrole nitrogens is 1. The van der Waals surface area contributed by atoms with Crippen molar-refractivity contribution in [3.8, 4) is 0 Å². The summed E-state index contributed by atoms with van der Waals surface area (Å²) in [5, 5.41) is 7.14. The van der Waals surface area contributed by atoms with Crippen LogP contribution in [0.3, 0.4) is 0 Å². The Kier molecular flexibility index (Phi) is 3.54. The van der Waals surface area contributed by atoms with E-state index in [2.05, 4.69) is 20.6 Å². The second kappa shape index (κ2) is 5.48. The van der Waals surface area contributed by atoms with Crippen LogP contribution in [0.15, 0.2) is 48.5 Å². The Hall–Kier alpha value is -2.11. The summed E-state index contributed by atoms with van der Waals surface area (Å²) in [5.41, 5.74) is 3.49. The fourth-order valence-electron chi connectivity index (χ4n) is 1.87. The van der Waals surface area contributed by atoms with Crippen LogP contribution in [0, 0.1) is 0 Å². The summed E-state index contributed by atoms with van der Waals surface area (Å²) >= 11 is 11.1. The van der Waals surface area contributed by atoms with Gasteiger partial charge >= 0.3 is 0 Å². The van der Waals surface area contributed by atoms with Gasteiger partial charge in [0.25, 0.3) is 0 Å². The van der Waals surface area contributed by atoms with Crippen molar-refractivity contribution in [2.24, 2.45) is 0 Å². The molecule has 0 radical (unpaired) electrons. The number of thiocarbonyl (C=S) groups is 1. The summed E-state index contributed by atoms with van der Waals surface area (Å²) in [6, 6.07) is 15.4. The third kappa shape index (κ3) is 2.89. The fraction of sp³-hybridized carbons (Fsp3) is 0. The average Bonchev–Trinajstić information content (AvgIpc) is 2.79. The maximum Gasteiger partial charge on any atom is 0.201 e. The van der Waals surface area contributed by atoms with Gasteiger partial charge < -0.3 is 15.6 Å². The Balaban J connectivity index is 1.74. The van der Waals surface area contributed by atoms with Crippen LogP contribution in [0.4, 0.5) is 11.4 Å². The van der Waals surface area contributed by atoms with Gasteiger partial charge in [-0.2, -0.15) is 0 Å². The van der Waals surface area contributed by atoms with E-state index in [1.54, 1.807) is 0 Å². The number of aromatic amines is 1. The highest BCUT2D eigenvalue weighted by atomic mass is 35.5. The molecule has 4 nitrogen and oxygen atoms in total. The molecule has 0 fully saturated rings. The third-order valence-corrected chi connectivity index (χ3v) is 3.13. The molecule has 0 amide bonds. The van der Waals surface area contributed by atoms with Crippen LogP contribution < -0.4 is 10.6 Å². The zero-order valence-electron chi connectivity index (χ0n) is 10.4. The lowest BCUT2D eigenvalue weighted by molar-refractivity contribution is 1.34. The van der Waals surface area contributed by atoms with E-state index in [0.29, 0.717) is 10.4 Å². The number of halogens is 1. The molecule has 0 bridgehead atoms. The molecular weight excluding hydrogens is 292 g/mol. The van der Waals surface area contributed by atoms with Gasteiger partial charge in [0.2, 0.25) is 5.28 Å². The number of benzene rings is 2. The summed E-state index contributed by atoms with van der Waals surface area (Å²) in [4.78, 5) is 7.11. The molecule has 0 aliphatic carbocycles. The molecule has 0 saturated heterocycles. The maximum atomic E-state index is 5.82. The molecule has 3 N–H and O–H groups in total. The molecule has 0 aliphatic heterocycles. The summed E-state index contributed by atoms with van der Waals surface area (Å²) in [6.07, 6.45) is 0. The minimum absolute atomic E-state index is 0.377. The molecule has 100 valence electrons. The van der Waals surface area contributed by atoms with Crippen molar-refractivity contribution >= 4 is 51.3 Å². The van der Waals surface area contributed by atoms with Crippen molar-refractivity contribution < 1.29 is 0 Å². The van der Waals surface area contributed by atoms with Gasteiger partial charge in [-0.1, -0.05) is 18.2 Å². The summed E-state index contributed by atoms with van der Waals surface area (Å²) in [6.45, 7) is 0. The molecule has 6 heteroatoms. The smallest absolute Gasteiger partial charge is 0.201 e. The van der Waals surface area contributed by atoms with Crippen LogP contribution in [0.5, 0.6) is 0 Å². The Morgan fingerprint density at radius 3 is 2.60 bits per heavy atom. The van der Waals surface area contributed by atoms with Crippen molar-refractivity contribution in [3.05, 3.63) is 53.8 Å². The van der Waals surface area contributed by atoms with Crippen LogP contribution in [-0.2, 0) is 0 Å². The van der Waals surface area contributed by atoms with Gasteiger partial charge in [0.15, 0.2) is 5.11 Å². The second-order valence-corrected chi connectivity index (χ2v) is 4.97. The zero-order valence-corrected chi connectivity index (χ0v) is 11.9. The van der Waals surface area contributed by atoms with Crippen LogP contribution in [0.2, 0.25) is 5.28 Å². The minimum atomic E-state index is 0.377. The zero-order chi connectivity index (χ0) is 13.9. The SMILES string of the molecule is S=C(Nc1ccccc1)Nc1ccc2nc(Cl)[nH]c2c1. The van der Waals surface area contributed by atoms with E-state index in [0.717, 1.165) is 22.4 Å². The van der Waals surface area contributed by atoms with Crippen LogP contribution in [-0.4, -0.2) is 15.1 Å². The van der Waals surface area contributed by atoms with Crippen LogP contribution in [0.1, 0.15) is 0 Å². The van der Waals surface area contributed by atoms with Crippen molar-refractivity contribution in [3.63, 3.8) is 0 Å². The predicted octanol–water partition coefficient (Wildman–Crippen LogP) is 4.03. The van der Waals surface area contributed by atoms with E-state index in [9.17, 15) is 0 Å². The quantitative estimate of drug-likeness (QED) is 0.626. The number of hydrogen-bond donors (Lipinski definition) is 3. The summed E-state index contributed by atoms with van der Waals surface area (Å²) < 4.78 is 0. The molecule has 0 unspecified atom stereocenters. The molecular formula is C14H11ClN4S. The number of nitrogens with zero attached hydrogens (tertiary/aromatic N) is 1. The molecule has 0 saturated carbocycles. The van der Waals surface area contributed by atoms with Gasteiger partial charge in [0.1, 0.15) is 0 Å². The number of rotatable bonds is 2. The Morgan fingerprint density at radius 2 is 1.80 bits per heavy atom. The summed E-state index contributed by atoms with van der Waals surface area (Å²) in [7, 11) is 0. The maximum absolute atomic E-state index is 5.82. The first-order chi connectivity index (χ1) is 9.70. The van der Waals surface area contributed by atoms with Crippen LogP contribution in [0.25, 0.3) is 11.0 Å². The molecule has 1 aromatic heterocycles. The van der Waals surface area contributed by atoms with E-state index in [4.69, 9.17) is 23.8 Å². The van der Waals surface area contributed by atoms with Gasteiger partial charge in [-0.25, -0.2) is 4.98 Å². The highest BCUT2D eigenvalue weighted by Crippen LogP contribution is 2.19. The van der Waals surface area contributed by atoms with Crippen LogP contribution >= 0.6 is 23.8 Å². The van der Waals surface area contributed by atoms with E-state index >= 15 is 0 Å². The fourth-order valence-corrected chi connectivity index (χ4v) is 2.30.